The summed E-state index contributed by atoms with van der Waals surface area (Å²) in [4.78, 5) is 12.2. The Hall–Kier alpha value is -2.41. The molecule has 2 aromatic rings. The van der Waals surface area contributed by atoms with Gasteiger partial charge in [0.2, 0.25) is 5.91 Å². The quantitative estimate of drug-likeness (QED) is 0.799. The lowest BCUT2D eigenvalue weighted by Gasteiger charge is -2.22. The zero-order valence-corrected chi connectivity index (χ0v) is 13.9. The van der Waals surface area contributed by atoms with Crippen molar-refractivity contribution in [2.75, 3.05) is 11.9 Å². The van der Waals surface area contributed by atoms with Crippen LogP contribution in [-0.4, -0.2) is 18.6 Å². The summed E-state index contributed by atoms with van der Waals surface area (Å²) in [7, 11) is 0. The molecule has 1 unspecified atom stereocenters. The molecule has 3 rings (SSSR count). The predicted octanol–water partition coefficient (Wildman–Crippen LogP) is 4.15. The Kier molecular flexibility index (Phi) is 5.27. The summed E-state index contributed by atoms with van der Waals surface area (Å²) in [6, 6.07) is 10.3. The predicted molar refractivity (Wildman–Crippen MR) is 90.3 cm³/mol. The first-order valence-electron chi connectivity index (χ1n) is 8.28. The van der Waals surface area contributed by atoms with Crippen molar-refractivity contribution in [2.24, 2.45) is 0 Å². The number of amides is 1. The normalized spacial score (nSPS) is 15.2. The Morgan fingerprint density at radius 1 is 1.15 bits per heavy atom. The number of nitrogens with one attached hydrogen (secondary N) is 2. The molecule has 2 aromatic carbocycles. The molecule has 7 heteroatoms. The number of carbonyl (C=O) groups is 1. The minimum absolute atomic E-state index is 0.00661. The van der Waals surface area contributed by atoms with Gasteiger partial charge in [0.1, 0.15) is 5.82 Å². The molecule has 0 saturated carbocycles. The number of carbonyl (C=O) groups excluding carboxylic acids is 1. The average Bonchev–Trinajstić information content (AvgIpc) is 2.62. The second kappa shape index (κ2) is 7.45. The zero-order valence-electron chi connectivity index (χ0n) is 13.9. The van der Waals surface area contributed by atoms with Crippen LogP contribution >= 0.6 is 0 Å². The number of halogens is 4. The van der Waals surface area contributed by atoms with Gasteiger partial charge in [-0.15, -0.1) is 0 Å². The maximum atomic E-state index is 14.5. The molecular weight excluding hydrogens is 348 g/mol. The van der Waals surface area contributed by atoms with Gasteiger partial charge in [-0.05, 0) is 35.7 Å². The molecular formula is C19H18F4N2O. The molecule has 0 aliphatic carbocycles. The molecule has 0 spiro atoms. The maximum Gasteiger partial charge on any atom is 0.396 e. The number of anilines is 1. The molecule has 0 radical (unpaired) electrons. The van der Waals surface area contributed by atoms with Crippen molar-refractivity contribution in [1.29, 1.82) is 0 Å². The summed E-state index contributed by atoms with van der Waals surface area (Å²) in [6.07, 6.45) is -4.90. The average molecular weight is 366 g/mol. The third kappa shape index (κ3) is 4.04. The fraction of sp³-hybridized carbons (Fsp3) is 0.316. The van der Waals surface area contributed by atoms with E-state index in [0.29, 0.717) is 25.1 Å². The maximum absolute atomic E-state index is 14.5. The lowest BCUT2D eigenvalue weighted by atomic mass is 9.94. The number of hydrogen-bond donors (Lipinski definition) is 2. The van der Waals surface area contributed by atoms with E-state index < -0.39 is 30.2 Å². The Bertz CT molecular complexity index is 790. The van der Waals surface area contributed by atoms with E-state index in [2.05, 4.69) is 10.6 Å². The molecule has 0 aromatic heterocycles. The highest BCUT2D eigenvalue weighted by Gasteiger charge is 2.41. The fourth-order valence-electron chi connectivity index (χ4n) is 3.12. The van der Waals surface area contributed by atoms with E-state index in [1.807, 2.05) is 0 Å². The topological polar surface area (TPSA) is 41.1 Å². The Morgan fingerprint density at radius 3 is 2.58 bits per heavy atom. The largest absolute Gasteiger partial charge is 0.396 e. The number of fused-ring (bicyclic) bond motifs is 1. The van der Waals surface area contributed by atoms with Crippen LogP contribution in [0.15, 0.2) is 42.5 Å². The van der Waals surface area contributed by atoms with Gasteiger partial charge in [0.05, 0.1) is 11.6 Å². The van der Waals surface area contributed by atoms with E-state index in [1.54, 1.807) is 12.1 Å². The van der Waals surface area contributed by atoms with Gasteiger partial charge < -0.3 is 10.6 Å². The molecule has 138 valence electrons. The van der Waals surface area contributed by atoms with Gasteiger partial charge in [0, 0.05) is 13.0 Å². The molecule has 26 heavy (non-hydrogen) atoms. The Labute approximate surface area is 148 Å². The van der Waals surface area contributed by atoms with E-state index in [4.69, 9.17) is 0 Å². The standard InChI is InChI=1S/C19H18F4N2O/c20-18-14-8-9-24-11-13(14)6-7-16(18)25-17(26)10-15(19(21,22)23)12-4-2-1-3-5-12/h1-7,15,24H,8-11H2,(H,25,26). The van der Waals surface area contributed by atoms with Crippen LogP contribution in [0.1, 0.15) is 29.0 Å². The molecule has 0 bridgehead atoms. The summed E-state index contributed by atoms with van der Waals surface area (Å²) < 4.78 is 54.6. The number of hydrogen-bond acceptors (Lipinski definition) is 2. The first kappa shape index (κ1) is 18.4. The summed E-state index contributed by atoms with van der Waals surface area (Å²) >= 11 is 0. The summed E-state index contributed by atoms with van der Waals surface area (Å²) in [6.45, 7) is 1.15. The van der Waals surface area contributed by atoms with Crippen molar-refractivity contribution < 1.29 is 22.4 Å². The fourth-order valence-corrected chi connectivity index (χ4v) is 3.12. The Morgan fingerprint density at radius 2 is 1.88 bits per heavy atom. The van der Waals surface area contributed by atoms with Crippen molar-refractivity contribution in [3.05, 3.63) is 65.0 Å². The molecule has 1 aliphatic heterocycles. The van der Waals surface area contributed by atoms with Crippen LogP contribution in [0, 0.1) is 5.82 Å². The number of alkyl halides is 3. The first-order chi connectivity index (χ1) is 12.4. The molecule has 1 heterocycles. The van der Waals surface area contributed by atoms with Crippen LogP contribution < -0.4 is 10.6 Å². The summed E-state index contributed by atoms with van der Waals surface area (Å²) in [5.41, 5.74) is 1.22. The molecule has 3 nitrogen and oxygen atoms in total. The number of rotatable bonds is 4. The van der Waals surface area contributed by atoms with Crippen LogP contribution in [0.2, 0.25) is 0 Å². The summed E-state index contributed by atoms with van der Waals surface area (Å²) in [5, 5.41) is 5.41. The lowest BCUT2D eigenvalue weighted by Crippen LogP contribution is -2.27. The van der Waals surface area contributed by atoms with Gasteiger partial charge >= 0.3 is 6.18 Å². The second-order valence-electron chi connectivity index (χ2n) is 6.25. The highest BCUT2D eigenvalue weighted by atomic mass is 19.4. The molecule has 1 aliphatic rings. The van der Waals surface area contributed by atoms with Crippen LogP contribution in [0.5, 0.6) is 0 Å². The minimum Gasteiger partial charge on any atom is -0.324 e. The van der Waals surface area contributed by atoms with Gasteiger partial charge in [-0.3, -0.25) is 4.79 Å². The summed E-state index contributed by atoms with van der Waals surface area (Å²) in [5.74, 6) is -3.38. The van der Waals surface area contributed by atoms with Crippen LogP contribution in [0.3, 0.4) is 0 Å². The molecule has 1 atom stereocenters. The smallest absolute Gasteiger partial charge is 0.324 e. The van der Waals surface area contributed by atoms with Crippen LogP contribution in [0.4, 0.5) is 23.2 Å². The van der Waals surface area contributed by atoms with Gasteiger partial charge in [0.15, 0.2) is 0 Å². The monoisotopic (exact) mass is 366 g/mol. The first-order valence-corrected chi connectivity index (χ1v) is 8.28. The van der Waals surface area contributed by atoms with Gasteiger partial charge in [-0.1, -0.05) is 36.4 Å². The van der Waals surface area contributed by atoms with E-state index in [0.717, 1.165) is 5.56 Å². The highest BCUT2D eigenvalue weighted by Crippen LogP contribution is 2.37. The minimum atomic E-state index is -4.57. The van der Waals surface area contributed by atoms with Crippen molar-refractivity contribution in [1.82, 2.24) is 5.32 Å². The molecule has 2 N–H and O–H groups in total. The molecule has 1 amide bonds. The van der Waals surface area contributed by atoms with E-state index in [1.165, 1.54) is 30.3 Å². The van der Waals surface area contributed by atoms with Crippen molar-refractivity contribution in [2.45, 2.75) is 31.5 Å². The van der Waals surface area contributed by atoms with E-state index in [-0.39, 0.29) is 11.3 Å². The Balaban J connectivity index is 1.77. The third-order valence-corrected chi connectivity index (χ3v) is 4.47. The van der Waals surface area contributed by atoms with Crippen molar-refractivity contribution in [3.8, 4) is 0 Å². The van der Waals surface area contributed by atoms with Crippen LogP contribution in [-0.2, 0) is 17.8 Å². The SMILES string of the molecule is O=C(CC(c1ccccc1)C(F)(F)F)Nc1ccc2c(c1F)CCNC2. The van der Waals surface area contributed by atoms with Gasteiger partial charge in [0.25, 0.3) is 0 Å². The van der Waals surface area contributed by atoms with E-state index >= 15 is 0 Å². The lowest BCUT2D eigenvalue weighted by molar-refractivity contribution is -0.155. The second-order valence-corrected chi connectivity index (χ2v) is 6.25. The van der Waals surface area contributed by atoms with Crippen LogP contribution in [0.25, 0.3) is 0 Å². The highest BCUT2D eigenvalue weighted by molar-refractivity contribution is 5.91. The van der Waals surface area contributed by atoms with Gasteiger partial charge in [-0.2, -0.15) is 13.2 Å². The molecule has 0 saturated heterocycles. The number of benzene rings is 2. The zero-order chi connectivity index (χ0) is 18.7. The van der Waals surface area contributed by atoms with Crippen molar-refractivity contribution >= 4 is 11.6 Å². The third-order valence-electron chi connectivity index (χ3n) is 4.47. The van der Waals surface area contributed by atoms with Crippen molar-refractivity contribution in [3.63, 3.8) is 0 Å². The van der Waals surface area contributed by atoms with Gasteiger partial charge in [-0.25, -0.2) is 4.39 Å². The molecule has 0 fully saturated rings. The van der Waals surface area contributed by atoms with E-state index in [9.17, 15) is 22.4 Å².